The van der Waals surface area contributed by atoms with Gasteiger partial charge in [-0.15, -0.1) is 0 Å². The Kier molecular flexibility index (Phi) is 6.34. The fourth-order valence-corrected chi connectivity index (χ4v) is 2.19. The highest BCUT2D eigenvalue weighted by atomic mass is 32.2. The minimum Gasteiger partial charge on any atom is -0.355 e. The van der Waals surface area contributed by atoms with Gasteiger partial charge in [0.25, 0.3) is 0 Å². The van der Waals surface area contributed by atoms with E-state index in [-0.39, 0.29) is 10.7 Å². The Bertz CT molecular complexity index is 238. The number of carbonyl (C=O) groups excluding carboxylic acids is 1. The third-order valence-corrected chi connectivity index (χ3v) is 4.69. The topological polar surface area (TPSA) is 41.1 Å². The Balaban J connectivity index is 2.12. The summed E-state index contributed by atoms with van der Waals surface area (Å²) in [4.78, 5) is 11.7. The standard InChI is InChI=1S/C13H26N2OS/c1-13(2,17-3)10-15-12(16)7-6-11-5-4-8-14-9-11/h11,14H,4-10H2,1-3H3,(H,15,16). The smallest absolute Gasteiger partial charge is 0.220 e. The predicted molar refractivity (Wildman–Crippen MR) is 75.4 cm³/mol. The highest BCUT2D eigenvalue weighted by molar-refractivity contribution is 7.99. The summed E-state index contributed by atoms with van der Waals surface area (Å²) >= 11 is 1.79. The number of rotatable bonds is 6. The maximum absolute atomic E-state index is 11.7. The summed E-state index contributed by atoms with van der Waals surface area (Å²) in [7, 11) is 0. The molecular weight excluding hydrogens is 232 g/mol. The van der Waals surface area contributed by atoms with Crippen molar-refractivity contribution in [3.8, 4) is 0 Å². The molecule has 1 fully saturated rings. The molecule has 0 aliphatic carbocycles. The Morgan fingerprint density at radius 3 is 2.88 bits per heavy atom. The lowest BCUT2D eigenvalue weighted by Gasteiger charge is -2.24. The van der Waals surface area contributed by atoms with Gasteiger partial charge in [-0.1, -0.05) is 0 Å². The van der Waals surface area contributed by atoms with Crippen molar-refractivity contribution in [2.45, 2.75) is 44.3 Å². The molecule has 100 valence electrons. The molecule has 3 nitrogen and oxygen atoms in total. The lowest BCUT2D eigenvalue weighted by molar-refractivity contribution is -0.121. The Morgan fingerprint density at radius 2 is 2.29 bits per heavy atom. The van der Waals surface area contributed by atoms with Crippen molar-refractivity contribution in [1.82, 2.24) is 10.6 Å². The van der Waals surface area contributed by atoms with Crippen LogP contribution in [0, 0.1) is 5.92 Å². The first-order chi connectivity index (χ1) is 8.03. The van der Waals surface area contributed by atoms with E-state index in [0.717, 1.165) is 26.1 Å². The number of piperidine rings is 1. The first kappa shape index (κ1) is 14.8. The maximum atomic E-state index is 11.7. The second-order valence-electron chi connectivity index (χ2n) is 5.49. The van der Waals surface area contributed by atoms with Crippen LogP contribution in [0.15, 0.2) is 0 Å². The fourth-order valence-electron chi connectivity index (χ4n) is 1.98. The summed E-state index contributed by atoms with van der Waals surface area (Å²) in [5.74, 6) is 0.903. The molecular formula is C13H26N2OS. The molecule has 0 aromatic heterocycles. The fraction of sp³-hybridized carbons (Fsp3) is 0.923. The number of hydrogen-bond acceptors (Lipinski definition) is 3. The molecule has 1 amide bonds. The molecule has 1 aliphatic rings. The van der Waals surface area contributed by atoms with Gasteiger partial charge in [0.2, 0.25) is 5.91 Å². The molecule has 1 aliphatic heterocycles. The number of thioether (sulfide) groups is 1. The van der Waals surface area contributed by atoms with E-state index in [1.165, 1.54) is 12.8 Å². The van der Waals surface area contributed by atoms with Crippen LogP contribution in [0.25, 0.3) is 0 Å². The Labute approximate surface area is 109 Å². The van der Waals surface area contributed by atoms with Gasteiger partial charge in [0.15, 0.2) is 0 Å². The number of hydrogen-bond donors (Lipinski definition) is 2. The average molecular weight is 258 g/mol. The van der Waals surface area contributed by atoms with Crippen molar-refractivity contribution in [2.75, 3.05) is 25.9 Å². The molecule has 0 aromatic carbocycles. The summed E-state index contributed by atoms with van der Waals surface area (Å²) in [6.45, 7) is 7.30. The van der Waals surface area contributed by atoms with Gasteiger partial charge >= 0.3 is 0 Å². The zero-order valence-electron chi connectivity index (χ0n) is 11.3. The maximum Gasteiger partial charge on any atom is 0.220 e. The van der Waals surface area contributed by atoms with Crippen molar-refractivity contribution in [3.05, 3.63) is 0 Å². The van der Waals surface area contributed by atoms with Gasteiger partial charge in [0.1, 0.15) is 0 Å². The van der Waals surface area contributed by atoms with Crippen LogP contribution in [0.4, 0.5) is 0 Å². The molecule has 1 unspecified atom stereocenters. The van der Waals surface area contributed by atoms with E-state index in [9.17, 15) is 4.79 Å². The van der Waals surface area contributed by atoms with E-state index in [1.54, 1.807) is 11.8 Å². The van der Waals surface area contributed by atoms with Crippen LogP contribution in [0.3, 0.4) is 0 Å². The first-order valence-electron chi connectivity index (χ1n) is 6.56. The van der Waals surface area contributed by atoms with E-state index in [2.05, 4.69) is 30.7 Å². The minimum atomic E-state index is 0.141. The van der Waals surface area contributed by atoms with Crippen LogP contribution in [0.5, 0.6) is 0 Å². The molecule has 1 rings (SSSR count). The molecule has 4 heteroatoms. The van der Waals surface area contributed by atoms with E-state index >= 15 is 0 Å². The highest BCUT2D eigenvalue weighted by Gasteiger charge is 2.18. The van der Waals surface area contributed by atoms with E-state index in [1.807, 2.05) is 0 Å². The van der Waals surface area contributed by atoms with Crippen LogP contribution in [-0.2, 0) is 4.79 Å². The van der Waals surface area contributed by atoms with Crippen LogP contribution in [0.1, 0.15) is 39.5 Å². The lowest BCUT2D eigenvalue weighted by Crippen LogP contribution is -2.36. The van der Waals surface area contributed by atoms with Gasteiger partial charge in [-0.3, -0.25) is 4.79 Å². The van der Waals surface area contributed by atoms with Crippen molar-refractivity contribution < 1.29 is 4.79 Å². The summed E-state index contributed by atoms with van der Waals surface area (Å²) in [6, 6.07) is 0. The van der Waals surface area contributed by atoms with E-state index in [0.29, 0.717) is 12.3 Å². The average Bonchev–Trinajstić information content (AvgIpc) is 2.35. The zero-order valence-corrected chi connectivity index (χ0v) is 12.2. The van der Waals surface area contributed by atoms with Gasteiger partial charge < -0.3 is 10.6 Å². The Hall–Kier alpha value is -0.220. The molecule has 17 heavy (non-hydrogen) atoms. The van der Waals surface area contributed by atoms with Gasteiger partial charge in [0.05, 0.1) is 0 Å². The van der Waals surface area contributed by atoms with Crippen molar-refractivity contribution in [3.63, 3.8) is 0 Å². The third kappa shape index (κ3) is 6.32. The van der Waals surface area contributed by atoms with Gasteiger partial charge in [-0.05, 0) is 58.4 Å². The van der Waals surface area contributed by atoms with Crippen LogP contribution < -0.4 is 10.6 Å². The number of nitrogens with one attached hydrogen (secondary N) is 2. The van der Waals surface area contributed by atoms with Gasteiger partial charge in [-0.2, -0.15) is 11.8 Å². The van der Waals surface area contributed by atoms with Gasteiger partial charge in [-0.25, -0.2) is 0 Å². The predicted octanol–water partition coefficient (Wildman–Crippen LogP) is 2.02. The number of carbonyl (C=O) groups is 1. The molecule has 1 saturated heterocycles. The molecule has 0 bridgehead atoms. The van der Waals surface area contributed by atoms with Crippen LogP contribution in [-0.4, -0.2) is 36.5 Å². The molecule has 1 atom stereocenters. The quantitative estimate of drug-likeness (QED) is 0.766. The highest BCUT2D eigenvalue weighted by Crippen LogP contribution is 2.20. The Morgan fingerprint density at radius 1 is 1.53 bits per heavy atom. The summed E-state index contributed by atoms with van der Waals surface area (Å²) in [5, 5.41) is 6.42. The second kappa shape index (κ2) is 7.27. The summed E-state index contributed by atoms with van der Waals surface area (Å²) in [5.41, 5.74) is 0. The monoisotopic (exact) mass is 258 g/mol. The van der Waals surface area contributed by atoms with Gasteiger partial charge in [0, 0.05) is 17.7 Å². The zero-order chi connectivity index (χ0) is 12.7. The first-order valence-corrected chi connectivity index (χ1v) is 7.78. The van der Waals surface area contributed by atoms with Crippen molar-refractivity contribution >= 4 is 17.7 Å². The van der Waals surface area contributed by atoms with Crippen LogP contribution >= 0.6 is 11.8 Å². The molecule has 2 N–H and O–H groups in total. The molecule has 1 heterocycles. The number of amides is 1. The molecule has 0 spiro atoms. The second-order valence-corrected chi connectivity index (χ2v) is 7.01. The van der Waals surface area contributed by atoms with E-state index in [4.69, 9.17) is 0 Å². The van der Waals surface area contributed by atoms with Crippen molar-refractivity contribution in [1.29, 1.82) is 0 Å². The normalized spacial score (nSPS) is 21.2. The summed E-state index contributed by atoms with van der Waals surface area (Å²) in [6.07, 6.45) is 6.32. The third-order valence-electron chi connectivity index (χ3n) is 3.44. The lowest BCUT2D eigenvalue weighted by atomic mass is 9.94. The largest absolute Gasteiger partial charge is 0.355 e. The molecule has 0 radical (unpaired) electrons. The molecule has 0 aromatic rings. The van der Waals surface area contributed by atoms with Crippen LogP contribution in [0.2, 0.25) is 0 Å². The van der Waals surface area contributed by atoms with Crippen molar-refractivity contribution in [2.24, 2.45) is 5.92 Å². The SMILES string of the molecule is CSC(C)(C)CNC(=O)CCC1CCCNC1. The summed E-state index contributed by atoms with van der Waals surface area (Å²) < 4.78 is 0.141. The minimum absolute atomic E-state index is 0.141. The molecule has 0 saturated carbocycles. The van der Waals surface area contributed by atoms with E-state index < -0.39 is 0 Å².